The van der Waals surface area contributed by atoms with Crippen molar-refractivity contribution in [3.05, 3.63) is 49.5 Å². The molecule has 0 unspecified atom stereocenters. The maximum Gasteiger partial charge on any atom is 0.266 e. The number of carbonyl (C=O) groups is 1. The van der Waals surface area contributed by atoms with E-state index in [0.717, 1.165) is 55.3 Å². The highest BCUT2D eigenvalue weighted by molar-refractivity contribution is 8.26. The summed E-state index contributed by atoms with van der Waals surface area (Å²) in [6.45, 7) is 5.08. The van der Waals surface area contributed by atoms with Gasteiger partial charge >= 0.3 is 0 Å². The maximum absolute atomic E-state index is 12.9. The Morgan fingerprint density at radius 2 is 1.97 bits per heavy atom. The summed E-state index contributed by atoms with van der Waals surface area (Å²) < 4.78 is 6.01. The van der Waals surface area contributed by atoms with E-state index < -0.39 is 0 Å². The van der Waals surface area contributed by atoms with Crippen LogP contribution < -0.4 is 0 Å². The molecule has 0 bridgehead atoms. The number of carbonyl (C=O) groups excluding carboxylic acids is 1. The van der Waals surface area contributed by atoms with E-state index in [0.29, 0.717) is 25.8 Å². The number of hydrogen-bond acceptors (Lipinski definition) is 6. The minimum Gasteiger partial charge on any atom is -0.379 e. The molecular weight excluding hydrogens is 479 g/mol. The largest absolute Gasteiger partial charge is 0.379 e. The highest BCUT2D eigenvalue weighted by Crippen LogP contribution is 2.37. The first kappa shape index (κ1) is 22.3. The van der Waals surface area contributed by atoms with Crippen molar-refractivity contribution in [1.29, 1.82) is 0 Å². The first-order valence-corrected chi connectivity index (χ1v) is 12.5. The summed E-state index contributed by atoms with van der Waals surface area (Å²) in [7, 11) is 0. The molecule has 2 aromatic rings. The summed E-state index contributed by atoms with van der Waals surface area (Å²) in [5.74, 6) is -0.00791. The topological polar surface area (TPSA) is 32.8 Å². The van der Waals surface area contributed by atoms with Crippen LogP contribution in [-0.4, -0.2) is 59.4 Å². The lowest BCUT2D eigenvalue weighted by Crippen LogP contribution is -2.38. The van der Waals surface area contributed by atoms with E-state index >= 15 is 0 Å². The Bertz CT molecular complexity index is 986. The van der Waals surface area contributed by atoms with Gasteiger partial charge < -0.3 is 4.74 Å². The number of morpholine rings is 1. The van der Waals surface area contributed by atoms with Gasteiger partial charge in [-0.05, 0) is 41.6 Å². The fraction of sp³-hybridized carbons (Fsp3) is 0.333. The molecule has 1 aromatic heterocycles. The number of amides is 1. The van der Waals surface area contributed by atoms with Gasteiger partial charge in [0.2, 0.25) is 0 Å². The summed E-state index contributed by atoms with van der Waals surface area (Å²) in [5.41, 5.74) is 1.93. The van der Waals surface area contributed by atoms with E-state index in [-0.39, 0.29) is 5.91 Å². The molecule has 9 heteroatoms. The fourth-order valence-electron chi connectivity index (χ4n) is 3.39. The fourth-order valence-corrected chi connectivity index (χ4v) is 6.12. The van der Waals surface area contributed by atoms with E-state index in [9.17, 15) is 4.79 Å². The van der Waals surface area contributed by atoms with Crippen LogP contribution in [0.1, 0.15) is 11.3 Å². The number of nitrogens with zero attached hydrogens (tertiary/aromatic N) is 2. The molecule has 2 saturated heterocycles. The average Bonchev–Trinajstić information content (AvgIpc) is 3.29. The van der Waals surface area contributed by atoms with E-state index in [1.54, 1.807) is 22.3 Å². The molecule has 2 aliphatic rings. The van der Waals surface area contributed by atoms with Crippen LogP contribution in [0.5, 0.6) is 0 Å². The molecule has 0 N–H and O–H groups in total. The summed E-state index contributed by atoms with van der Waals surface area (Å²) in [6, 6.07) is 7.50. The Morgan fingerprint density at radius 3 is 2.73 bits per heavy atom. The predicted octanol–water partition coefficient (Wildman–Crippen LogP) is 5.65. The van der Waals surface area contributed by atoms with E-state index in [1.807, 2.05) is 29.7 Å². The molecule has 3 heterocycles. The molecule has 0 atom stereocenters. The Hall–Kier alpha value is -0.930. The van der Waals surface area contributed by atoms with Crippen LogP contribution in [-0.2, 0) is 9.53 Å². The number of thioether (sulfide) groups is 1. The monoisotopic (exact) mass is 498 g/mol. The Balaban J connectivity index is 1.40. The number of rotatable bonds is 6. The highest BCUT2D eigenvalue weighted by atomic mass is 35.5. The third-order valence-corrected chi connectivity index (χ3v) is 7.77. The molecule has 1 amide bonds. The molecule has 4 nitrogen and oxygen atoms in total. The lowest BCUT2D eigenvalue weighted by molar-refractivity contribution is -0.122. The van der Waals surface area contributed by atoms with Crippen LogP contribution >= 0.6 is 58.5 Å². The van der Waals surface area contributed by atoms with Gasteiger partial charge in [0.1, 0.15) is 4.32 Å². The third-order valence-electron chi connectivity index (χ3n) is 4.97. The molecular formula is C21H20Cl2N2O2S3. The van der Waals surface area contributed by atoms with E-state index in [1.165, 1.54) is 11.8 Å². The zero-order valence-electron chi connectivity index (χ0n) is 16.1. The lowest BCUT2D eigenvalue weighted by Gasteiger charge is -2.27. The van der Waals surface area contributed by atoms with Crippen molar-refractivity contribution < 1.29 is 9.53 Å². The molecule has 2 aliphatic heterocycles. The molecule has 0 saturated carbocycles. The Kier molecular flexibility index (Phi) is 7.52. The van der Waals surface area contributed by atoms with Gasteiger partial charge in [0.15, 0.2) is 0 Å². The molecule has 158 valence electrons. The normalized spacial score (nSPS) is 19.3. The van der Waals surface area contributed by atoms with Crippen molar-refractivity contribution in [3.8, 4) is 11.1 Å². The van der Waals surface area contributed by atoms with Crippen LogP contribution in [0, 0.1) is 0 Å². The van der Waals surface area contributed by atoms with Crippen molar-refractivity contribution in [2.45, 2.75) is 6.42 Å². The molecule has 1 aromatic carbocycles. The minimum absolute atomic E-state index is 0.00791. The van der Waals surface area contributed by atoms with Crippen LogP contribution in [0.2, 0.25) is 10.0 Å². The first-order valence-electron chi connectivity index (χ1n) is 9.61. The van der Waals surface area contributed by atoms with Crippen molar-refractivity contribution in [1.82, 2.24) is 9.80 Å². The molecule has 0 spiro atoms. The van der Waals surface area contributed by atoms with Gasteiger partial charge in [0.25, 0.3) is 5.91 Å². The van der Waals surface area contributed by atoms with Gasteiger partial charge in [-0.25, -0.2) is 0 Å². The van der Waals surface area contributed by atoms with Crippen molar-refractivity contribution >= 4 is 74.8 Å². The SMILES string of the molecule is O=C1/C(=C/c2cc(-c3ccc(Cl)cc3Cl)cs2)SC(=S)N1CCCN1CCOCC1. The quantitative estimate of drug-likeness (QED) is 0.379. The van der Waals surface area contributed by atoms with Crippen LogP contribution in [0.4, 0.5) is 0 Å². The second-order valence-electron chi connectivity index (χ2n) is 7.00. The number of halogens is 2. The third kappa shape index (κ3) is 5.27. The standard InChI is InChI=1S/C21H20Cl2N2O2S3/c22-15-2-3-17(18(23)11-15)14-10-16(29-13-14)12-19-20(26)25(21(28)30-19)5-1-4-24-6-8-27-9-7-24/h2-3,10-13H,1,4-9H2/b19-12-. The van der Waals surface area contributed by atoms with E-state index in [4.69, 9.17) is 40.2 Å². The zero-order chi connectivity index (χ0) is 21.1. The van der Waals surface area contributed by atoms with Crippen LogP contribution in [0.25, 0.3) is 17.2 Å². The maximum atomic E-state index is 12.9. The highest BCUT2D eigenvalue weighted by Gasteiger charge is 2.31. The Labute approximate surface area is 199 Å². The molecule has 2 fully saturated rings. The number of ether oxygens (including phenoxy) is 1. The van der Waals surface area contributed by atoms with E-state index in [2.05, 4.69) is 4.90 Å². The van der Waals surface area contributed by atoms with Gasteiger partial charge in [-0.3, -0.25) is 14.6 Å². The minimum atomic E-state index is -0.00791. The summed E-state index contributed by atoms with van der Waals surface area (Å²) in [4.78, 5) is 18.6. The number of benzene rings is 1. The predicted molar refractivity (Wildman–Crippen MR) is 132 cm³/mol. The van der Waals surface area contributed by atoms with Gasteiger partial charge in [0.05, 0.1) is 18.1 Å². The summed E-state index contributed by atoms with van der Waals surface area (Å²) in [5, 5.41) is 3.25. The van der Waals surface area contributed by atoms with Crippen LogP contribution in [0.3, 0.4) is 0 Å². The van der Waals surface area contributed by atoms with Crippen molar-refractivity contribution in [3.63, 3.8) is 0 Å². The number of thiophene rings is 1. The van der Waals surface area contributed by atoms with Crippen molar-refractivity contribution in [2.24, 2.45) is 0 Å². The molecule has 30 heavy (non-hydrogen) atoms. The molecule has 0 aliphatic carbocycles. The lowest BCUT2D eigenvalue weighted by atomic mass is 10.1. The number of hydrogen-bond donors (Lipinski definition) is 0. The van der Waals surface area contributed by atoms with Crippen molar-refractivity contribution in [2.75, 3.05) is 39.4 Å². The summed E-state index contributed by atoms with van der Waals surface area (Å²) in [6.07, 6.45) is 2.82. The Morgan fingerprint density at radius 1 is 1.17 bits per heavy atom. The summed E-state index contributed by atoms with van der Waals surface area (Å²) >= 11 is 20.7. The van der Waals surface area contributed by atoms with Gasteiger partial charge in [0, 0.05) is 46.7 Å². The number of thiocarbonyl (C=S) groups is 1. The second-order valence-corrected chi connectivity index (χ2v) is 10.5. The second kappa shape index (κ2) is 10.1. The molecule has 4 rings (SSSR count). The average molecular weight is 500 g/mol. The van der Waals surface area contributed by atoms with Gasteiger partial charge in [-0.1, -0.05) is 53.2 Å². The van der Waals surface area contributed by atoms with Gasteiger partial charge in [-0.15, -0.1) is 11.3 Å². The zero-order valence-corrected chi connectivity index (χ0v) is 20.1. The van der Waals surface area contributed by atoms with Gasteiger partial charge in [-0.2, -0.15) is 0 Å². The molecule has 0 radical (unpaired) electrons. The smallest absolute Gasteiger partial charge is 0.266 e. The first-order chi connectivity index (χ1) is 14.5. The van der Waals surface area contributed by atoms with Crippen LogP contribution in [0.15, 0.2) is 34.6 Å².